The van der Waals surface area contributed by atoms with Gasteiger partial charge in [-0.15, -0.1) is 0 Å². The highest BCUT2D eigenvalue weighted by Crippen LogP contribution is 2.25. The number of carboxylic acids is 1. The van der Waals surface area contributed by atoms with Gasteiger partial charge in [-0.05, 0) is 57.0 Å². The zero-order valence-corrected chi connectivity index (χ0v) is 17.7. The summed E-state index contributed by atoms with van der Waals surface area (Å²) < 4.78 is 22.6. The lowest BCUT2D eigenvalue weighted by atomic mass is 10.1. The molecule has 2 unspecified atom stereocenters. The van der Waals surface area contributed by atoms with Gasteiger partial charge in [-0.1, -0.05) is 19.1 Å². The number of benzene rings is 1. The van der Waals surface area contributed by atoms with Crippen LogP contribution in [-0.4, -0.2) is 28.3 Å². The monoisotopic (exact) mass is 413 g/mol. The molecule has 2 heterocycles. The highest BCUT2D eigenvalue weighted by atomic mass is 16.5. The molecular weight excluding hydrogens is 386 g/mol. The van der Waals surface area contributed by atoms with Crippen molar-refractivity contribution < 1.29 is 28.2 Å². The third-order valence-electron chi connectivity index (χ3n) is 4.81. The molecule has 0 aliphatic heterocycles. The van der Waals surface area contributed by atoms with Gasteiger partial charge in [-0.3, -0.25) is 0 Å². The van der Waals surface area contributed by atoms with Gasteiger partial charge < -0.3 is 23.4 Å². The van der Waals surface area contributed by atoms with E-state index in [9.17, 15) is 9.90 Å². The lowest BCUT2D eigenvalue weighted by Crippen LogP contribution is -2.30. The molecule has 0 saturated heterocycles. The van der Waals surface area contributed by atoms with Crippen LogP contribution in [0, 0.1) is 13.8 Å². The Kier molecular flexibility index (Phi) is 6.95. The zero-order chi connectivity index (χ0) is 21.7. The number of carbonyl (C=O) groups is 1. The standard InChI is InChI=1S/C23H27NO6/c1-5-14(2)28-21(23(25)26)12-17-7-9-18(10-8-17)27-13-19-16(4)30-22(24-19)20-11-6-15(3)29-20/h6-11,14,21H,5,12-13H2,1-4H3,(H,25,26). The molecule has 3 aromatic rings. The maximum Gasteiger partial charge on any atom is 0.333 e. The minimum Gasteiger partial charge on any atom is -0.487 e. The number of hydrogen-bond acceptors (Lipinski definition) is 6. The molecule has 30 heavy (non-hydrogen) atoms. The summed E-state index contributed by atoms with van der Waals surface area (Å²) in [5.41, 5.74) is 1.56. The Labute approximate surface area is 175 Å². The molecule has 2 atom stereocenters. The van der Waals surface area contributed by atoms with Crippen molar-refractivity contribution in [1.29, 1.82) is 0 Å². The van der Waals surface area contributed by atoms with E-state index in [1.54, 1.807) is 0 Å². The van der Waals surface area contributed by atoms with Crippen LogP contribution in [0.5, 0.6) is 5.75 Å². The van der Waals surface area contributed by atoms with E-state index in [-0.39, 0.29) is 12.7 Å². The second kappa shape index (κ2) is 9.63. The maximum atomic E-state index is 11.4. The smallest absolute Gasteiger partial charge is 0.333 e. The molecule has 3 rings (SSSR count). The van der Waals surface area contributed by atoms with Gasteiger partial charge in [0.05, 0.1) is 6.10 Å². The number of aromatic nitrogens is 1. The van der Waals surface area contributed by atoms with Crippen LogP contribution >= 0.6 is 0 Å². The number of furan rings is 1. The molecule has 160 valence electrons. The van der Waals surface area contributed by atoms with E-state index >= 15 is 0 Å². The molecule has 0 aliphatic carbocycles. The number of aliphatic carboxylic acids is 1. The van der Waals surface area contributed by atoms with Crippen LogP contribution in [0.15, 0.2) is 45.2 Å². The van der Waals surface area contributed by atoms with E-state index in [0.717, 1.165) is 17.7 Å². The largest absolute Gasteiger partial charge is 0.487 e. The SMILES string of the molecule is CCC(C)OC(Cc1ccc(OCc2nc(-c3ccc(C)o3)oc2C)cc1)C(=O)O. The summed E-state index contributed by atoms with van der Waals surface area (Å²) in [6.45, 7) is 7.78. The van der Waals surface area contributed by atoms with Crippen LogP contribution in [0.1, 0.15) is 43.0 Å². The number of hydrogen-bond donors (Lipinski definition) is 1. The Morgan fingerprint density at radius 3 is 2.47 bits per heavy atom. The predicted molar refractivity (Wildman–Crippen MR) is 110 cm³/mol. The van der Waals surface area contributed by atoms with Crippen molar-refractivity contribution in [3.63, 3.8) is 0 Å². The lowest BCUT2D eigenvalue weighted by Gasteiger charge is -2.18. The second-order valence-corrected chi connectivity index (χ2v) is 7.25. The molecule has 1 N–H and O–H groups in total. The Hall–Kier alpha value is -3.06. The van der Waals surface area contributed by atoms with Crippen molar-refractivity contribution >= 4 is 5.97 Å². The van der Waals surface area contributed by atoms with E-state index < -0.39 is 12.1 Å². The molecule has 2 aromatic heterocycles. The normalized spacial score (nSPS) is 13.2. The summed E-state index contributed by atoms with van der Waals surface area (Å²) in [6, 6.07) is 11.0. The van der Waals surface area contributed by atoms with Gasteiger partial charge in [-0.2, -0.15) is 0 Å². The third-order valence-corrected chi connectivity index (χ3v) is 4.81. The van der Waals surface area contributed by atoms with Crippen LogP contribution in [0.2, 0.25) is 0 Å². The number of rotatable bonds is 10. The van der Waals surface area contributed by atoms with Crippen molar-refractivity contribution in [2.24, 2.45) is 0 Å². The van der Waals surface area contributed by atoms with Crippen molar-refractivity contribution in [2.45, 2.75) is 59.4 Å². The molecule has 7 nitrogen and oxygen atoms in total. The molecule has 1 aromatic carbocycles. The van der Waals surface area contributed by atoms with E-state index in [1.807, 2.05) is 64.1 Å². The van der Waals surface area contributed by atoms with Crippen molar-refractivity contribution in [3.8, 4) is 17.4 Å². The summed E-state index contributed by atoms with van der Waals surface area (Å²) in [5, 5.41) is 9.38. The average Bonchev–Trinajstić information content (AvgIpc) is 3.32. The minimum atomic E-state index is -0.959. The van der Waals surface area contributed by atoms with Crippen LogP contribution in [0.3, 0.4) is 0 Å². The molecule has 0 radical (unpaired) electrons. The summed E-state index contributed by atoms with van der Waals surface area (Å²) in [5.74, 6) is 2.17. The molecule has 0 amide bonds. The van der Waals surface area contributed by atoms with Crippen molar-refractivity contribution in [3.05, 3.63) is 59.2 Å². The van der Waals surface area contributed by atoms with Gasteiger partial charge in [0.2, 0.25) is 0 Å². The van der Waals surface area contributed by atoms with Gasteiger partial charge in [0.25, 0.3) is 5.89 Å². The van der Waals surface area contributed by atoms with Gasteiger partial charge in [-0.25, -0.2) is 9.78 Å². The average molecular weight is 413 g/mol. The van der Waals surface area contributed by atoms with Crippen molar-refractivity contribution in [2.75, 3.05) is 0 Å². The Bertz CT molecular complexity index is 972. The molecule has 7 heteroatoms. The van der Waals surface area contributed by atoms with Crippen LogP contribution in [-0.2, 0) is 22.6 Å². The fourth-order valence-corrected chi connectivity index (χ4v) is 2.87. The molecule has 0 fully saturated rings. The number of carboxylic acid groups (broad SMARTS) is 1. The predicted octanol–water partition coefficient (Wildman–Crippen LogP) is 4.94. The molecule has 0 spiro atoms. The summed E-state index contributed by atoms with van der Waals surface area (Å²) in [7, 11) is 0. The van der Waals surface area contributed by atoms with Crippen LogP contribution in [0.25, 0.3) is 11.7 Å². The Morgan fingerprint density at radius 2 is 1.87 bits per heavy atom. The molecule has 0 saturated carbocycles. The number of aryl methyl sites for hydroxylation is 2. The zero-order valence-electron chi connectivity index (χ0n) is 17.7. The highest BCUT2D eigenvalue weighted by molar-refractivity contribution is 5.72. The Balaban J connectivity index is 1.59. The first kappa shape index (κ1) is 21.6. The first-order valence-corrected chi connectivity index (χ1v) is 9.98. The van der Waals surface area contributed by atoms with E-state index in [2.05, 4.69) is 4.98 Å². The fraction of sp³-hybridized carbons (Fsp3) is 0.391. The third kappa shape index (κ3) is 5.51. The quantitative estimate of drug-likeness (QED) is 0.503. The molecule has 0 bridgehead atoms. The molecular formula is C23H27NO6. The van der Waals surface area contributed by atoms with Gasteiger partial charge >= 0.3 is 5.97 Å². The van der Waals surface area contributed by atoms with E-state index in [4.69, 9.17) is 18.3 Å². The van der Waals surface area contributed by atoms with E-state index in [0.29, 0.717) is 35.3 Å². The summed E-state index contributed by atoms with van der Waals surface area (Å²) in [6.07, 6.45) is 0.0932. The first-order valence-electron chi connectivity index (χ1n) is 9.98. The fourth-order valence-electron chi connectivity index (χ4n) is 2.87. The Morgan fingerprint density at radius 1 is 1.13 bits per heavy atom. The maximum absolute atomic E-state index is 11.4. The lowest BCUT2D eigenvalue weighted by molar-refractivity contribution is -0.153. The second-order valence-electron chi connectivity index (χ2n) is 7.25. The molecule has 0 aliphatic rings. The van der Waals surface area contributed by atoms with Gasteiger partial charge in [0.15, 0.2) is 11.9 Å². The van der Waals surface area contributed by atoms with Gasteiger partial charge in [0, 0.05) is 6.42 Å². The van der Waals surface area contributed by atoms with Gasteiger partial charge in [0.1, 0.15) is 29.6 Å². The summed E-state index contributed by atoms with van der Waals surface area (Å²) in [4.78, 5) is 15.9. The number of oxazole rings is 1. The topological polar surface area (TPSA) is 94.9 Å². The minimum absolute atomic E-state index is 0.102. The first-order chi connectivity index (χ1) is 14.4. The summed E-state index contributed by atoms with van der Waals surface area (Å²) >= 11 is 0. The van der Waals surface area contributed by atoms with Crippen LogP contribution in [0.4, 0.5) is 0 Å². The van der Waals surface area contributed by atoms with Crippen molar-refractivity contribution in [1.82, 2.24) is 4.98 Å². The number of nitrogens with zero attached hydrogens (tertiary/aromatic N) is 1. The highest BCUT2D eigenvalue weighted by Gasteiger charge is 2.21. The van der Waals surface area contributed by atoms with Crippen LogP contribution < -0.4 is 4.74 Å². The number of ether oxygens (including phenoxy) is 2. The van der Waals surface area contributed by atoms with E-state index in [1.165, 1.54) is 0 Å².